The Hall–Kier alpha value is -3.04. The Morgan fingerprint density at radius 1 is 1.09 bits per heavy atom. The molecule has 0 N–H and O–H groups in total. The number of thioether (sulfide) groups is 1. The second kappa shape index (κ2) is 8.84. The number of halogens is 1. The van der Waals surface area contributed by atoms with Gasteiger partial charge in [0.2, 0.25) is 0 Å². The number of rotatable bonds is 5. The summed E-state index contributed by atoms with van der Waals surface area (Å²) in [5, 5.41) is 11.8. The van der Waals surface area contributed by atoms with E-state index in [1.54, 1.807) is 11.3 Å². The van der Waals surface area contributed by atoms with Crippen LogP contribution in [0.25, 0.3) is 27.2 Å². The quantitative estimate of drug-likeness (QED) is 0.193. The van der Waals surface area contributed by atoms with Crippen molar-refractivity contribution < 1.29 is 0 Å². The van der Waals surface area contributed by atoms with Crippen LogP contribution in [-0.2, 0) is 6.54 Å². The van der Waals surface area contributed by atoms with Crippen LogP contribution in [0.5, 0.6) is 0 Å². The van der Waals surface area contributed by atoms with E-state index in [1.807, 2.05) is 54.6 Å². The van der Waals surface area contributed by atoms with Crippen LogP contribution in [0.3, 0.4) is 0 Å². The fraction of sp³-hybridized carbons (Fsp3) is 0.0769. The minimum atomic E-state index is 0.618. The van der Waals surface area contributed by atoms with Crippen LogP contribution in [0, 0.1) is 18.3 Å². The Labute approximate surface area is 199 Å². The molecular formula is C26H18ClN3S2. The molecule has 32 heavy (non-hydrogen) atoms. The summed E-state index contributed by atoms with van der Waals surface area (Å²) in [6.45, 7) is 2.77. The predicted molar refractivity (Wildman–Crippen MR) is 136 cm³/mol. The molecule has 0 amide bonds. The van der Waals surface area contributed by atoms with E-state index in [0.717, 1.165) is 47.3 Å². The predicted octanol–water partition coefficient (Wildman–Crippen LogP) is 7.92. The van der Waals surface area contributed by atoms with Gasteiger partial charge in [-0.05, 0) is 54.6 Å². The lowest BCUT2D eigenvalue weighted by Crippen LogP contribution is -2.02. The van der Waals surface area contributed by atoms with E-state index >= 15 is 0 Å². The average molecular weight is 472 g/mol. The first-order valence-corrected chi connectivity index (χ1v) is 12.1. The van der Waals surface area contributed by atoms with Crippen LogP contribution in [0.2, 0.25) is 5.02 Å². The summed E-state index contributed by atoms with van der Waals surface area (Å²) in [5.74, 6) is 0. The minimum absolute atomic E-state index is 0.618. The second-order valence-electron chi connectivity index (χ2n) is 7.36. The lowest BCUT2D eigenvalue weighted by molar-refractivity contribution is 0.804. The number of thiazole rings is 1. The molecule has 6 heteroatoms. The molecule has 0 atom stereocenters. The normalized spacial score (nSPS) is 11.8. The van der Waals surface area contributed by atoms with Crippen molar-refractivity contribution in [2.75, 3.05) is 0 Å². The highest BCUT2D eigenvalue weighted by molar-refractivity contribution is 8.05. The number of para-hydroxylation sites is 2. The topological polar surface area (TPSA) is 41.6 Å². The number of aromatic nitrogens is 2. The molecule has 3 nitrogen and oxygen atoms in total. The molecule has 156 valence electrons. The maximum Gasteiger partial charge on any atom is 0.156 e. The van der Waals surface area contributed by atoms with Gasteiger partial charge in [0.25, 0.3) is 0 Å². The van der Waals surface area contributed by atoms with Gasteiger partial charge in [-0.2, -0.15) is 5.26 Å². The van der Waals surface area contributed by atoms with E-state index < -0.39 is 0 Å². The first-order valence-electron chi connectivity index (χ1n) is 10.1. The standard InChI is InChI=1S/C26H18ClN3S2/c1-17-21(14-19(15-28)31-26-29-23-11-5-7-13-25(23)32-26)20-9-3-6-12-24(20)30(17)16-18-8-2-4-10-22(18)27/h2-14H,16H2,1H3/b19-14+. The number of benzene rings is 3. The molecule has 0 saturated carbocycles. The first kappa shape index (κ1) is 20.8. The number of fused-ring (bicyclic) bond motifs is 2. The van der Waals surface area contributed by atoms with Crippen molar-refractivity contribution in [2.24, 2.45) is 0 Å². The highest BCUT2D eigenvalue weighted by Gasteiger charge is 2.15. The molecule has 3 aromatic carbocycles. The number of hydrogen-bond donors (Lipinski definition) is 0. The third-order valence-electron chi connectivity index (χ3n) is 5.42. The molecule has 0 aliphatic rings. The van der Waals surface area contributed by atoms with E-state index in [2.05, 4.69) is 46.8 Å². The molecule has 2 aromatic heterocycles. The summed E-state index contributed by atoms with van der Waals surface area (Å²) in [5.41, 5.74) is 5.31. The summed E-state index contributed by atoms with van der Waals surface area (Å²) in [7, 11) is 0. The van der Waals surface area contributed by atoms with Crippen LogP contribution in [0.1, 0.15) is 16.8 Å². The maximum atomic E-state index is 9.88. The highest BCUT2D eigenvalue weighted by atomic mass is 35.5. The second-order valence-corrected chi connectivity index (χ2v) is 10.1. The van der Waals surface area contributed by atoms with Crippen molar-refractivity contribution >= 4 is 61.9 Å². The van der Waals surface area contributed by atoms with Gasteiger partial charge in [-0.25, -0.2) is 4.98 Å². The zero-order valence-electron chi connectivity index (χ0n) is 17.2. The minimum Gasteiger partial charge on any atom is -0.340 e. The fourth-order valence-electron chi connectivity index (χ4n) is 3.85. The molecule has 2 heterocycles. The van der Waals surface area contributed by atoms with E-state index in [-0.39, 0.29) is 0 Å². The molecule has 0 fully saturated rings. The van der Waals surface area contributed by atoms with Gasteiger partial charge in [-0.15, -0.1) is 11.3 Å². The molecule has 0 unspecified atom stereocenters. The van der Waals surface area contributed by atoms with Crippen LogP contribution in [0.4, 0.5) is 0 Å². The molecule has 0 saturated heterocycles. The Kier molecular flexibility index (Phi) is 5.75. The van der Waals surface area contributed by atoms with E-state index in [9.17, 15) is 5.26 Å². The molecule has 0 aliphatic heterocycles. The number of nitriles is 1. The Balaban J connectivity index is 1.57. The largest absolute Gasteiger partial charge is 0.340 e. The SMILES string of the molecule is Cc1c(/C=C(\C#N)Sc2nc3ccccc3s2)c2ccccc2n1Cc1ccccc1Cl. The zero-order valence-corrected chi connectivity index (χ0v) is 19.6. The summed E-state index contributed by atoms with van der Waals surface area (Å²) >= 11 is 9.46. The molecule has 0 radical (unpaired) electrons. The molecule has 5 rings (SSSR count). The average Bonchev–Trinajstić information content (AvgIpc) is 3.34. The van der Waals surface area contributed by atoms with E-state index in [4.69, 9.17) is 11.6 Å². The lowest BCUT2D eigenvalue weighted by Gasteiger charge is -2.10. The van der Waals surface area contributed by atoms with Gasteiger partial charge in [0.1, 0.15) is 6.07 Å². The van der Waals surface area contributed by atoms with Gasteiger partial charge in [0.15, 0.2) is 4.34 Å². The molecule has 0 aliphatic carbocycles. The highest BCUT2D eigenvalue weighted by Crippen LogP contribution is 2.36. The van der Waals surface area contributed by atoms with E-state index in [0.29, 0.717) is 11.4 Å². The van der Waals surface area contributed by atoms with Gasteiger partial charge < -0.3 is 4.57 Å². The van der Waals surface area contributed by atoms with E-state index in [1.165, 1.54) is 11.8 Å². The summed E-state index contributed by atoms with van der Waals surface area (Å²) in [6, 6.07) is 26.6. The van der Waals surface area contributed by atoms with Crippen molar-refractivity contribution in [3.63, 3.8) is 0 Å². The molecular weight excluding hydrogens is 454 g/mol. The van der Waals surface area contributed by atoms with Crippen molar-refractivity contribution in [3.8, 4) is 6.07 Å². The Bertz CT molecular complexity index is 1490. The third-order valence-corrected chi connectivity index (χ3v) is 7.82. The van der Waals surface area contributed by atoms with Gasteiger partial charge in [-0.1, -0.05) is 60.1 Å². The molecule has 0 spiro atoms. The van der Waals surface area contributed by atoms with Gasteiger partial charge in [-0.3, -0.25) is 0 Å². The molecule has 5 aromatic rings. The lowest BCUT2D eigenvalue weighted by atomic mass is 10.1. The van der Waals surface area contributed by atoms with Crippen molar-refractivity contribution in [1.29, 1.82) is 5.26 Å². The Morgan fingerprint density at radius 2 is 1.84 bits per heavy atom. The zero-order chi connectivity index (χ0) is 22.1. The summed E-state index contributed by atoms with van der Waals surface area (Å²) in [4.78, 5) is 5.29. The summed E-state index contributed by atoms with van der Waals surface area (Å²) in [6.07, 6.45) is 1.98. The van der Waals surface area contributed by atoms with Gasteiger partial charge in [0.05, 0.1) is 15.1 Å². The summed E-state index contributed by atoms with van der Waals surface area (Å²) < 4.78 is 4.26. The maximum absolute atomic E-state index is 9.88. The van der Waals surface area contributed by atoms with Crippen LogP contribution < -0.4 is 0 Å². The van der Waals surface area contributed by atoms with Gasteiger partial charge in [0, 0.05) is 33.7 Å². The number of hydrogen-bond acceptors (Lipinski definition) is 4. The van der Waals surface area contributed by atoms with Crippen LogP contribution in [0.15, 0.2) is 82.0 Å². The van der Waals surface area contributed by atoms with Crippen LogP contribution >= 0.6 is 34.7 Å². The number of allylic oxidation sites excluding steroid dienone is 1. The monoisotopic (exact) mass is 471 g/mol. The third kappa shape index (κ3) is 3.93. The van der Waals surface area contributed by atoms with Crippen molar-refractivity contribution in [3.05, 3.63) is 99.5 Å². The smallest absolute Gasteiger partial charge is 0.156 e. The molecule has 0 bridgehead atoms. The van der Waals surface area contributed by atoms with Crippen LogP contribution in [-0.4, -0.2) is 9.55 Å². The van der Waals surface area contributed by atoms with Crippen molar-refractivity contribution in [1.82, 2.24) is 9.55 Å². The number of nitrogens with zero attached hydrogens (tertiary/aromatic N) is 3. The fourth-order valence-corrected chi connectivity index (χ4v) is 6.00. The van der Waals surface area contributed by atoms with Gasteiger partial charge >= 0.3 is 0 Å². The first-order chi connectivity index (χ1) is 15.6. The Morgan fingerprint density at radius 3 is 2.66 bits per heavy atom. The van der Waals surface area contributed by atoms with Crippen molar-refractivity contribution in [2.45, 2.75) is 17.8 Å².